The van der Waals surface area contributed by atoms with Crippen LogP contribution in [0, 0.1) is 5.82 Å². The van der Waals surface area contributed by atoms with Gasteiger partial charge in [0.2, 0.25) is 5.91 Å². The summed E-state index contributed by atoms with van der Waals surface area (Å²) in [4.78, 5) is 15.2. The number of sulfone groups is 1. The maximum atomic E-state index is 13.5. The standard InChI is InChI=1S/C17H21FN2O3S/c18-16-4-2-1-3-14(16)5-6-17(21)20-10-8-19(9-11-20)15-7-12-24(22,23)13-15/h1-6,15H,7-13H2/p+1/b6-5+/t15-/m1/s1. The van der Waals surface area contributed by atoms with Crippen LogP contribution >= 0.6 is 0 Å². The van der Waals surface area contributed by atoms with E-state index < -0.39 is 9.84 Å². The number of benzene rings is 1. The molecule has 1 aromatic rings. The normalized spacial score (nSPS) is 24.5. The van der Waals surface area contributed by atoms with Crippen LogP contribution in [-0.2, 0) is 14.6 Å². The zero-order valence-electron chi connectivity index (χ0n) is 13.4. The van der Waals surface area contributed by atoms with Crippen molar-refractivity contribution in [3.63, 3.8) is 0 Å². The molecule has 2 aliphatic rings. The van der Waals surface area contributed by atoms with Gasteiger partial charge in [-0.3, -0.25) is 4.79 Å². The van der Waals surface area contributed by atoms with Crippen molar-refractivity contribution in [3.8, 4) is 0 Å². The molecule has 0 aromatic heterocycles. The third-order valence-corrected chi connectivity index (χ3v) is 6.61. The molecule has 0 spiro atoms. The number of hydrogen-bond acceptors (Lipinski definition) is 3. The number of carbonyl (C=O) groups excluding carboxylic acids is 1. The van der Waals surface area contributed by atoms with E-state index in [4.69, 9.17) is 0 Å². The molecule has 1 amide bonds. The van der Waals surface area contributed by atoms with E-state index in [1.165, 1.54) is 23.1 Å². The molecule has 0 radical (unpaired) electrons. The van der Waals surface area contributed by atoms with Gasteiger partial charge in [-0.2, -0.15) is 0 Å². The van der Waals surface area contributed by atoms with E-state index in [1.807, 2.05) is 0 Å². The number of carbonyl (C=O) groups is 1. The molecule has 0 unspecified atom stereocenters. The Hall–Kier alpha value is -1.73. The zero-order chi connectivity index (χ0) is 17.2. The Labute approximate surface area is 141 Å². The van der Waals surface area contributed by atoms with Gasteiger partial charge < -0.3 is 9.80 Å². The summed E-state index contributed by atoms with van der Waals surface area (Å²) in [5.41, 5.74) is 0.395. The van der Waals surface area contributed by atoms with Crippen LogP contribution in [0.5, 0.6) is 0 Å². The SMILES string of the molecule is O=C(/C=C/c1ccccc1F)N1CC[NH+]([C@@H]2CCS(=O)(=O)C2)CC1. The van der Waals surface area contributed by atoms with Crippen LogP contribution in [0.25, 0.3) is 6.08 Å². The number of nitrogens with zero attached hydrogens (tertiary/aromatic N) is 1. The smallest absolute Gasteiger partial charge is 0.246 e. The highest BCUT2D eigenvalue weighted by Gasteiger charge is 2.37. The number of nitrogens with one attached hydrogen (secondary N) is 1. The van der Waals surface area contributed by atoms with E-state index in [-0.39, 0.29) is 29.3 Å². The van der Waals surface area contributed by atoms with Gasteiger partial charge in [0.05, 0.1) is 31.9 Å². The molecule has 3 rings (SSSR count). The Morgan fingerprint density at radius 1 is 1.25 bits per heavy atom. The minimum Gasteiger partial charge on any atom is -0.329 e. The van der Waals surface area contributed by atoms with Gasteiger partial charge >= 0.3 is 0 Å². The second-order valence-electron chi connectivity index (χ2n) is 6.44. The van der Waals surface area contributed by atoms with Crippen molar-refractivity contribution in [2.75, 3.05) is 37.7 Å². The van der Waals surface area contributed by atoms with Gasteiger partial charge in [0.1, 0.15) is 17.6 Å². The molecular weight excluding hydrogens is 331 g/mol. The third-order valence-electron chi connectivity index (χ3n) is 4.84. The fraction of sp³-hybridized carbons (Fsp3) is 0.471. The molecule has 130 valence electrons. The average molecular weight is 353 g/mol. The molecule has 7 heteroatoms. The highest BCUT2D eigenvalue weighted by Crippen LogP contribution is 2.10. The molecule has 1 aromatic carbocycles. The lowest BCUT2D eigenvalue weighted by atomic mass is 10.1. The van der Waals surface area contributed by atoms with Gasteiger partial charge in [0.15, 0.2) is 9.84 Å². The van der Waals surface area contributed by atoms with Gasteiger partial charge in [-0.15, -0.1) is 0 Å². The largest absolute Gasteiger partial charge is 0.329 e. The lowest BCUT2D eigenvalue weighted by molar-refractivity contribution is -0.925. The first kappa shape index (κ1) is 17.1. The Morgan fingerprint density at radius 3 is 2.58 bits per heavy atom. The molecule has 5 nitrogen and oxygen atoms in total. The molecule has 2 heterocycles. The van der Waals surface area contributed by atoms with Crippen molar-refractivity contribution in [2.45, 2.75) is 12.5 Å². The summed E-state index contributed by atoms with van der Waals surface area (Å²) in [7, 11) is -2.87. The van der Waals surface area contributed by atoms with E-state index in [0.717, 1.165) is 19.5 Å². The van der Waals surface area contributed by atoms with Gasteiger partial charge in [-0.1, -0.05) is 18.2 Å². The topological polar surface area (TPSA) is 58.9 Å². The molecule has 2 fully saturated rings. The van der Waals surface area contributed by atoms with E-state index in [0.29, 0.717) is 18.7 Å². The first-order chi connectivity index (χ1) is 11.4. The Balaban J connectivity index is 1.53. The molecule has 0 bridgehead atoms. The van der Waals surface area contributed by atoms with Crippen molar-refractivity contribution in [3.05, 3.63) is 41.7 Å². The van der Waals surface area contributed by atoms with Crippen LogP contribution in [0.15, 0.2) is 30.3 Å². The summed E-state index contributed by atoms with van der Waals surface area (Å²) >= 11 is 0. The lowest BCUT2D eigenvalue weighted by Gasteiger charge is -2.34. The fourth-order valence-electron chi connectivity index (χ4n) is 3.42. The van der Waals surface area contributed by atoms with Crippen LogP contribution in [0.3, 0.4) is 0 Å². The quantitative estimate of drug-likeness (QED) is 0.763. The van der Waals surface area contributed by atoms with Crippen LogP contribution in [-0.4, -0.2) is 63.0 Å². The minimum atomic E-state index is -2.87. The number of hydrogen-bond donors (Lipinski definition) is 1. The predicted molar refractivity (Wildman–Crippen MR) is 89.8 cm³/mol. The predicted octanol–water partition coefficient (Wildman–Crippen LogP) is -0.247. The highest BCUT2D eigenvalue weighted by atomic mass is 32.2. The number of amides is 1. The molecule has 1 atom stereocenters. The number of rotatable bonds is 3. The molecule has 2 aliphatic heterocycles. The average Bonchev–Trinajstić information content (AvgIpc) is 2.94. The Bertz CT molecular complexity index is 740. The van der Waals surface area contributed by atoms with Crippen molar-refractivity contribution < 1.29 is 22.5 Å². The van der Waals surface area contributed by atoms with E-state index in [9.17, 15) is 17.6 Å². The lowest BCUT2D eigenvalue weighted by Crippen LogP contribution is -3.18. The summed E-state index contributed by atoms with van der Waals surface area (Å²) in [6, 6.07) is 6.50. The van der Waals surface area contributed by atoms with Crippen LogP contribution < -0.4 is 4.90 Å². The van der Waals surface area contributed by atoms with Crippen molar-refractivity contribution in [1.82, 2.24) is 4.90 Å². The Kier molecular flexibility index (Phi) is 5.01. The summed E-state index contributed by atoms with van der Waals surface area (Å²) in [6.45, 7) is 2.73. The van der Waals surface area contributed by atoms with Crippen LogP contribution in [0.1, 0.15) is 12.0 Å². The summed E-state index contributed by atoms with van der Waals surface area (Å²) in [5, 5.41) is 0. The number of quaternary nitrogens is 1. The zero-order valence-corrected chi connectivity index (χ0v) is 14.3. The second kappa shape index (κ2) is 7.03. The fourth-order valence-corrected chi connectivity index (χ4v) is 5.24. The third kappa shape index (κ3) is 4.02. The van der Waals surface area contributed by atoms with Gasteiger partial charge in [0.25, 0.3) is 0 Å². The first-order valence-electron chi connectivity index (χ1n) is 8.21. The van der Waals surface area contributed by atoms with Crippen LogP contribution in [0.4, 0.5) is 4.39 Å². The number of halogens is 1. The maximum absolute atomic E-state index is 13.5. The molecule has 0 saturated carbocycles. The van der Waals surface area contributed by atoms with E-state index in [1.54, 1.807) is 23.1 Å². The molecular formula is C17H22FN2O3S+. The van der Waals surface area contributed by atoms with Crippen molar-refractivity contribution >= 4 is 21.8 Å². The number of piperazine rings is 1. The monoisotopic (exact) mass is 353 g/mol. The highest BCUT2D eigenvalue weighted by molar-refractivity contribution is 7.91. The first-order valence-corrected chi connectivity index (χ1v) is 10.0. The molecule has 1 N–H and O–H groups in total. The minimum absolute atomic E-state index is 0.128. The van der Waals surface area contributed by atoms with Crippen molar-refractivity contribution in [2.24, 2.45) is 0 Å². The summed E-state index contributed by atoms with van der Waals surface area (Å²) < 4.78 is 36.7. The van der Waals surface area contributed by atoms with Gasteiger partial charge in [0, 0.05) is 18.1 Å². The van der Waals surface area contributed by atoms with Gasteiger partial charge in [-0.25, -0.2) is 12.8 Å². The van der Waals surface area contributed by atoms with Crippen molar-refractivity contribution in [1.29, 1.82) is 0 Å². The van der Waals surface area contributed by atoms with E-state index >= 15 is 0 Å². The second-order valence-corrected chi connectivity index (χ2v) is 8.67. The summed E-state index contributed by atoms with van der Waals surface area (Å²) in [5.74, 6) is 0.0770. The molecule has 2 saturated heterocycles. The molecule has 24 heavy (non-hydrogen) atoms. The van der Waals surface area contributed by atoms with E-state index in [2.05, 4.69) is 0 Å². The maximum Gasteiger partial charge on any atom is 0.246 e. The van der Waals surface area contributed by atoms with Crippen LogP contribution in [0.2, 0.25) is 0 Å². The molecule has 0 aliphatic carbocycles. The van der Waals surface area contributed by atoms with Gasteiger partial charge in [-0.05, 0) is 12.1 Å². The summed E-state index contributed by atoms with van der Waals surface area (Å²) in [6.07, 6.45) is 3.63. The Morgan fingerprint density at radius 2 is 1.96 bits per heavy atom.